The van der Waals surface area contributed by atoms with Crippen molar-refractivity contribution in [3.8, 4) is 0 Å². The van der Waals surface area contributed by atoms with Gasteiger partial charge in [0.05, 0.1) is 0 Å². The van der Waals surface area contributed by atoms with Gasteiger partial charge in [-0.3, -0.25) is 0 Å². The van der Waals surface area contributed by atoms with E-state index < -0.39 is 0 Å². The second-order valence-corrected chi connectivity index (χ2v) is 6.24. The molecule has 0 aliphatic carbocycles. The predicted octanol–water partition coefficient (Wildman–Crippen LogP) is 3.71. The maximum Gasteiger partial charge on any atom is 0.136 e. The van der Waals surface area contributed by atoms with Crippen molar-refractivity contribution >= 4 is 32.5 Å². The van der Waals surface area contributed by atoms with Crippen LogP contribution in [-0.4, -0.2) is 24.1 Å². The lowest BCUT2D eigenvalue weighted by molar-refractivity contribution is 0.583. The summed E-state index contributed by atoms with van der Waals surface area (Å²) < 4.78 is 1.14. The molecule has 0 radical (unpaired) electrons. The second kappa shape index (κ2) is 6.10. The summed E-state index contributed by atoms with van der Waals surface area (Å²) in [4.78, 5) is 7.14. The molecule has 0 bridgehead atoms. The fraction of sp³-hybridized carbons (Fsp3) is 0.438. The normalized spacial score (nSPS) is 18.9. The molecule has 1 aliphatic rings. The van der Waals surface area contributed by atoms with E-state index in [1.165, 1.54) is 30.0 Å². The smallest absolute Gasteiger partial charge is 0.136 e. The van der Waals surface area contributed by atoms with Crippen molar-refractivity contribution in [1.29, 1.82) is 0 Å². The zero-order chi connectivity index (χ0) is 13.9. The molecule has 1 fully saturated rings. The lowest BCUT2D eigenvalue weighted by Gasteiger charge is -2.27. The van der Waals surface area contributed by atoms with Gasteiger partial charge in [-0.25, -0.2) is 4.98 Å². The summed E-state index contributed by atoms with van der Waals surface area (Å²) in [6, 6.07) is 9.01. The van der Waals surface area contributed by atoms with E-state index in [-0.39, 0.29) is 0 Å². The van der Waals surface area contributed by atoms with Crippen LogP contribution in [0.25, 0.3) is 10.8 Å². The molecule has 1 unspecified atom stereocenters. The van der Waals surface area contributed by atoms with Gasteiger partial charge in [0.15, 0.2) is 0 Å². The molecule has 106 valence electrons. The van der Waals surface area contributed by atoms with Crippen LogP contribution in [0.1, 0.15) is 25.7 Å². The largest absolute Gasteiger partial charge is 0.353 e. The number of benzene rings is 1. The average molecular weight is 334 g/mol. The Kier molecular flexibility index (Phi) is 4.22. The number of aromatic nitrogens is 1. The number of nitrogens with zero attached hydrogens (tertiary/aromatic N) is 2. The number of nitrogens with two attached hydrogens (primary N) is 1. The highest BCUT2D eigenvalue weighted by molar-refractivity contribution is 9.10. The molecule has 3 rings (SSSR count). The van der Waals surface area contributed by atoms with Crippen LogP contribution in [0.3, 0.4) is 0 Å². The van der Waals surface area contributed by atoms with Gasteiger partial charge in [0.1, 0.15) is 5.82 Å². The molecular formula is C16H20BrN3. The van der Waals surface area contributed by atoms with Crippen LogP contribution in [0.5, 0.6) is 0 Å². The third kappa shape index (κ3) is 2.54. The first-order valence-corrected chi connectivity index (χ1v) is 8.10. The quantitative estimate of drug-likeness (QED) is 0.927. The molecule has 3 nitrogen and oxygen atoms in total. The van der Waals surface area contributed by atoms with Gasteiger partial charge in [-0.15, -0.1) is 0 Å². The SMILES string of the molecule is NCCCC1CCCN1c1nccc2c(Br)cccc12. The van der Waals surface area contributed by atoms with Gasteiger partial charge in [-0.1, -0.05) is 28.1 Å². The van der Waals surface area contributed by atoms with Crippen molar-refractivity contribution < 1.29 is 0 Å². The van der Waals surface area contributed by atoms with E-state index in [0.29, 0.717) is 6.04 Å². The predicted molar refractivity (Wildman–Crippen MR) is 88.1 cm³/mol. The Morgan fingerprint density at radius 2 is 2.20 bits per heavy atom. The van der Waals surface area contributed by atoms with Gasteiger partial charge in [0.2, 0.25) is 0 Å². The Morgan fingerprint density at radius 3 is 3.05 bits per heavy atom. The van der Waals surface area contributed by atoms with E-state index in [0.717, 1.165) is 29.8 Å². The van der Waals surface area contributed by atoms with Crippen LogP contribution in [0.2, 0.25) is 0 Å². The third-order valence-corrected chi connectivity index (χ3v) is 4.81. The molecule has 0 amide bonds. The minimum Gasteiger partial charge on any atom is -0.353 e. The lowest BCUT2D eigenvalue weighted by Crippen LogP contribution is -2.30. The average Bonchev–Trinajstić information content (AvgIpc) is 2.93. The summed E-state index contributed by atoms with van der Waals surface area (Å²) in [6.45, 7) is 1.88. The Morgan fingerprint density at radius 1 is 1.30 bits per heavy atom. The highest BCUT2D eigenvalue weighted by atomic mass is 79.9. The highest BCUT2D eigenvalue weighted by Gasteiger charge is 2.26. The van der Waals surface area contributed by atoms with Crippen LogP contribution < -0.4 is 10.6 Å². The Balaban J connectivity index is 1.99. The van der Waals surface area contributed by atoms with Crippen molar-refractivity contribution in [3.05, 3.63) is 34.9 Å². The van der Waals surface area contributed by atoms with Crippen LogP contribution in [-0.2, 0) is 0 Å². The summed E-state index contributed by atoms with van der Waals surface area (Å²) in [7, 11) is 0. The number of fused-ring (bicyclic) bond motifs is 1. The lowest BCUT2D eigenvalue weighted by atomic mass is 10.1. The van der Waals surface area contributed by atoms with Gasteiger partial charge >= 0.3 is 0 Å². The maximum atomic E-state index is 5.66. The van der Waals surface area contributed by atoms with Gasteiger partial charge in [0.25, 0.3) is 0 Å². The molecule has 2 N–H and O–H groups in total. The van der Waals surface area contributed by atoms with E-state index in [9.17, 15) is 0 Å². The molecule has 1 aromatic carbocycles. The minimum absolute atomic E-state index is 0.593. The van der Waals surface area contributed by atoms with E-state index in [1.54, 1.807) is 0 Å². The fourth-order valence-electron chi connectivity index (χ4n) is 3.15. The van der Waals surface area contributed by atoms with Crippen LogP contribution in [0.4, 0.5) is 5.82 Å². The number of hydrogen-bond acceptors (Lipinski definition) is 3. The summed E-state index contributed by atoms with van der Waals surface area (Å²) in [5, 5.41) is 2.48. The van der Waals surface area contributed by atoms with E-state index >= 15 is 0 Å². The zero-order valence-electron chi connectivity index (χ0n) is 11.6. The molecule has 20 heavy (non-hydrogen) atoms. The minimum atomic E-state index is 0.593. The number of anilines is 1. The summed E-state index contributed by atoms with van der Waals surface area (Å²) in [6.07, 6.45) is 6.69. The second-order valence-electron chi connectivity index (χ2n) is 5.39. The molecular weight excluding hydrogens is 314 g/mol. The van der Waals surface area contributed by atoms with Gasteiger partial charge in [-0.05, 0) is 44.4 Å². The van der Waals surface area contributed by atoms with Crippen molar-refractivity contribution in [3.63, 3.8) is 0 Å². The van der Waals surface area contributed by atoms with Gasteiger partial charge in [0, 0.05) is 34.0 Å². The topological polar surface area (TPSA) is 42.1 Å². The highest BCUT2D eigenvalue weighted by Crippen LogP contribution is 2.34. The molecule has 4 heteroatoms. The number of rotatable bonds is 4. The molecule has 0 saturated carbocycles. The number of pyridine rings is 1. The standard InChI is InChI=1S/C16H20BrN3/c17-15-7-1-6-14-13(15)8-10-19-16(14)20-11-3-5-12(20)4-2-9-18/h1,6-8,10,12H,2-5,9,11,18H2. The number of hydrogen-bond donors (Lipinski definition) is 1. The third-order valence-electron chi connectivity index (χ3n) is 4.12. The van der Waals surface area contributed by atoms with E-state index in [2.05, 4.69) is 50.1 Å². The van der Waals surface area contributed by atoms with Crippen molar-refractivity contribution in [2.24, 2.45) is 5.73 Å². The first kappa shape index (κ1) is 13.8. The van der Waals surface area contributed by atoms with Gasteiger partial charge in [-0.2, -0.15) is 0 Å². The number of halogens is 1. The molecule has 1 saturated heterocycles. The Labute approximate surface area is 128 Å². The van der Waals surface area contributed by atoms with Crippen LogP contribution >= 0.6 is 15.9 Å². The van der Waals surface area contributed by atoms with Crippen LogP contribution in [0, 0.1) is 0 Å². The van der Waals surface area contributed by atoms with E-state index in [1.807, 2.05) is 6.20 Å². The van der Waals surface area contributed by atoms with Crippen molar-refractivity contribution in [1.82, 2.24) is 4.98 Å². The summed E-state index contributed by atoms with van der Waals surface area (Å²) >= 11 is 3.63. The van der Waals surface area contributed by atoms with Gasteiger partial charge < -0.3 is 10.6 Å². The molecule has 1 aromatic heterocycles. The molecule has 1 aliphatic heterocycles. The molecule has 2 heterocycles. The summed E-state index contributed by atoms with van der Waals surface area (Å²) in [5.74, 6) is 1.13. The zero-order valence-corrected chi connectivity index (χ0v) is 13.1. The first-order chi connectivity index (χ1) is 9.81. The molecule has 0 spiro atoms. The van der Waals surface area contributed by atoms with E-state index in [4.69, 9.17) is 5.73 Å². The molecule has 1 atom stereocenters. The summed E-state index contributed by atoms with van der Waals surface area (Å²) in [5.41, 5.74) is 5.66. The molecule has 2 aromatic rings. The Hall–Kier alpha value is -1.13. The van der Waals surface area contributed by atoms with Crippen LogP contribution in [0.15, 0.2) is 34.9 Å². The maximum absolute atomic E-state index is 5.66. The first-order valence-electron chi connectivity index (χ1n) is 7.31. The fourth-order valence-corrected chi connectivity index (χ4v) is 3.65. The monoisotopic (exact) mass is 333 g/mol. The van der Waals surface area contributed by atoms with Crippen molar-refractivity contribution in [2.45, 2.75) is 31.7 Å². The Bertz CT molecular complexity index is 599. The van der Waals surface area contributed by atoms with Crippen molar-refractivity contribution in [2.75, 3.05) is 18.0 Å².